The van der Waals surface area contributed by atoms with Crippen LogP contribution in [0.1, 0.15) is 27.0 Å². The fourth-order valence-corrected chi connectivity index (χ4v) is 2.55. The van der Waals surface area contributed by atoms with E-state index in [-0.39, 0.29) is 18.1 Å². The van der Waals surface area contributed by atoms with Gasteiger partial charge in [0.2, 0.25) is 5.92 Å². The molecule has 0 spiro atoms. The lowest BCUT2D eigenvalue weighted by molar-refractivity contribution is -0.144. The molecule has 1 N–H and O–H groups in total. The molecule has 0 bridgehead atoms. The van der Waals surface area contributed by atoms with E-state index in [4.69, 9.17) is 10.00 Å². The van der Waals surface area contributed by atoms with Crippen LogP contribution in [0.15, 0.2) is 41.8 Å². The van der Waals surface area contributed by atoms with Crippen molar-refractivity contribution in [3.05, 3.63) is 52.2 Å². The van der Waals surface area contributed by atoms with Crippen molar-refractivity contribution < 1.29 is 19.1 Å². The van der Waals surface area contributed by atoms with Crippen LogP contribution in [-0.2, 0) is 9.53 Å². The number of benzene rings is 1. The Morgan fingerprint density at radius 3 is 2.50 bits per heavy atom. The molecular formula is C17H14N2O4S. The molecule has 2 rings (SSSR count). The summed E-state index contributed by atoms with van der Waals surface area (Å²) in [5.74, 6) is -3.23. The van der Waals surface area contributed by atoms with Crippen molar-refractivity contribution in [2.45, 2.75) is 6.92 Å². The molecule has 1 aromatic heterocycles. The van der Waals surface area contributed by atoms with Gasteiger partial charge in [0.1, 0.15) is 0 Å². The van der Waals surface area contributed by atoms with Gasteiger partial charge in [0, 0.05) is 11.3 Å². The van der Waals surface area contributed by atoms with E-state index >= 15 is 0 Å². The summed E-state index contributed by atoms with van der Waals surface area (Å²) in [4.78, 5) is 36.3. The van der Waals surface area contributed by atoms with E-state index in [1.54, 1.807) is 42.6 Å². The number of nitrogens with zero attached hydrogens (tertiary/aromatic N) is 1. The number of ketones is 1. The highest BCUT2D eigenvalue weighted by molar-refractivity contribution is 7.12. The van der Waals surface area contributed by atoms with Gasteiger partial charge >= 0.3 is 5.97 Å². The molecule has 0 aliphatic carbocycles. The van der Waals surface area contributed by atoms with E-state index in [1.165, 1.54) is 23.5 Å². The number of carbonyl (C=O) groups is 3. The number of anilines is 1. The maximum absolute atomic E-state index is 12.2. The lowest BCUT2D eigenvalue weighted by atomic mass is 9.99. The summed E-state index contributed by atoms with van der Waals surface area (Å²) in [6.45, 7) is 1.69. The molecule has 7 heteroatoms. The van der Waals surface area contributed by atoms with Crippen molar-refractivity contribution in [3.63, 3.8) is 0 Å². The maximum atomic E-state index is 12.2. The van der Waals surface area contributed by atoms with Gasteiger partial charge in [-0.05, 0) is 42.6 Å². The maximum Gasteiger partial charge on any atom is 0.331 e. The number of rotatable bonds is 6. The van der Waals surface area contributed by atoms with Crippen molar-refractivity contribution in [1.29, 1.82) is 5.26 Å². The van der Waals surface area contributed by atoms with Crippen LogP contribution in [0, 0.1) is 17.2 Å². The molecule has 0 radical (unpaired) electrons. The molecule has 2 aromatic rings. The number of carbonyl (C=O) groups excluding carboxylic acids is 3. The average Bonchev–Trinajstić information content (AvgIpc) is 3.11. The quantitative estimate of drug-likeness (QED) is 0.495. The van der Waals surface area contributed by atoms with Crippen molar-refractivity contribution >= 4 is 34.7 Å². The Balaban J connectivity index is 2.08. The Morgan fingerprint density at radius 2 is 1.96 bits per heavy atom. The van der Waals surface area contributed by atoms with Gasteiger partial charge in [0.25, 0.3) is 5.91 Å². The predicted octanol–water partition coefficient (Wildman–Crippen LogP) is 2.89. The zero-order valence-corrected chi connectivity index (χ0v) is 13.6. The number of ether oxygens (including phenoxy) is 1. The highest BCUT2D eigenvalue weighted by atomic mass is 32.1. The van der Waals surface area contributed by atoms with Gasteiger partial charge in [0.05, 0.1) is 17.6 Å². The minimum Gasteiger partial charge on any atom is -0.465 e. The number of nitrogens with one attached hydrogen (secondary N) is 1. The molecule has 24 heavy (non-hydrogen) atoms. The predicted molar refractivity (Wildman–Crippen MR) is 88.8 cm³/mol. The molecule has 1 amide bonds. The molecular weight excluding hydrogens is 328 g/mol. The topological polar surface area (TPSA) is 96.3 Å². The van der Waals surface area contributed by atoms with Crippen LogP contribution < -0.4 is 5.32 Å². The third-order valence-electron chi connectivity index (χ3n) is 3.09. The lowest BCUT2D eigenvalue weighted by Gasteiger charge is -2.08. The third kappa shape index (κ3) is 4.06. The first-order valence-electron chi connectivity index (χ1n) is 7.12. The fourth-order valence-electron chi connectivity index (χ4n) is 1.93. The second-order valence-electron chi connectivity index (χ2n) is 4.69. The standard InChI is InChI=1S/C17H14N2O4S/c1-2-23-17(22)13(10-18)15(20)11-5-7-12(8-6-11)19-16(21)14-4-3-9-24-14/h3-9,13H,2H2,1H3,(H,19,21)/t13-/m0/s1. The lowest BCUT2D eigenvalue weighted by Crippen LogP contribution is -2.25. The number of hydrogen-bond donors (Lipinski definition) is 1. The van der Waals surface area contributed by atoms with Gasteiger partial charge < -0.3 is 10.1 Å². The van der Waals surface area contributed by atoms with Gasteiger partial charge in [-0.3, -0.25) is 14.4 Å². The van der Waals surface area contributed by atoms with Crippen molar-refractivity contribution in [3.8, 4) is 6.07 Å². The third-order valence-corrected chi connectivity index (χ3v) is 3.95. The molecule has 0 unspecified atom stereocenters. The van der Waals surface area contributed by atoms with Crippen LogP contribution in [0.2, 0.25) is 0 Å². The highest BCUT2D eigenvalue weighted by Crippen LogP contribution is 2.16. The Morgan fingerprint density at radius 1 is 1.25 bits per heavy atom. The van der Waals surface area contributed by atoms with Gasteiger partial charge in [-0.1, -0.05) is 6.07 Å². The highest BCUT2D eigenvalue weighted by Gasteiger charge is 2.28. The van der Waals surface area contributed by atoms with E-state index in [0.29, 0.717) is 10.6 Å². The van der Waals surface area contributed by atoms with E-state index in [0.717, 1.165) is 0 Å². The molecule has 1 atom stereocenters. The van der Waals surface area contributed by atoms with Gasteiger partial charge in [0.15, 0.2) is 5.78 Å². The first-order chi connectivity index (χ1) is 11.6. The SMILES string of the molecule is CCOC(=O)[C@@H](C#N)C(=O)c1ccc(NC(=O)c2cccs2)cc1. The summed E-state index contributed by atoms with van der Waals surface area (Å²) in [5, 5.41) is 13.5. The summed E-state index contributed by atoms with van der Waals surface area (Å²) < 4.78 is 4.72. The molecule has 1 heterocycles. The van der Waals surface area contributed by atoms with Gasteiger partial charge in [-0.25, -0.2) is 0 Å². The van der Waals surface area contributed by atoms with Crippen molar-refractivity contribution in [2.75, 3.05) is 11.9 Å². The van der Waals surface area contributed by atoms with Crippen molar-refractivity contribution in [1.82, 2.24) is 0 Å². The Bertz CT molecular complexity index is 776. The second-order valence-corrected chi connectivity index (χ2v) is 5.63. The van der Waals surface area contributed by atoms with Crippen LogP contribution in [0.5, 0.6) is 0 Å². The average molecular weight is 342 g/mol. The summed E-state index contributed by atoms with van der Waals surface area (Å²) >= 11 is 1.32. The fraction of sp³-hybridized carbons (Fsp3) is 0.176. The summed E-state index contributed by atoms with van der Waals surface area (Å²) in [5.41, 5.74) is 0.707. The molecule has 0 fully saturated rings. The molecule has 0 aliphatic heterocycles. The monoisotopic (exact) mass is 342 g/mol. The Kier molecular flexibility index (Phi) is 5.82. The second kappa shape index (κ2) is 8.04. The molecule has 6 nitrogen and oxygen atoms in total. The summed E-state index contributed by atoms with van der Waals surface area (Å²) in [6, 6.07) is 11.1. The Hall–Kier alpha value is -2.98. The van der Waals surface area contributed by atoms with E-state index in [2.05, 4.69) is 5.32 Å². The zero-order valence-electron chi connectivity index (χ0n) is 12.8. The van der Waals surface area contributed by atoms with Crippen LogP contribution in [0.25, 0.3) is 0 Å². The minimum atomic E-state index is -1.49. The number of hydrogen-bond acceptors (Lipinski definition) is 6. The first-order valence-corrected chi connectivity index (χ1v) is 8.00. The number of amides is 1. The van der Waals surface area contributed by atoms with Crippen molar-refractivity contribution in [2.24, 2.45) is 5.92 Å². The largest absolute Gasteiger partial charge is 0.465 e. The molecule has 0 saturated heterocycles. The van der Waals surface area contributed by atoms with E-state index < -0.39 is 17.7 Å². The van der Waals surface area contributed by atoms with E-state index in [9.17, 15) is 14.4 Å². The van der Waals surface area contributed by atoms with Crippen LogP contribution in [-0.4, -0.2) is 24.3 Å². The summed E-state index contributed by atoms with van der Waals surface area (Å²) in [7, 11) is 0. The zero-order chi connectivity index (χ0) is 17.5. The Labute approximate surface area is 142 Å². The smallest absolute Gasteiger partial charge is 0.331 e. The van der Waals surface area contributed by atoms with Gasteiger partial charge in [-0.2, -0.15) is 5.26 Å². The molecule has 0 aliphatic rings. The van der Waals surface area contributed by atoms with Crippen LogP contribution >= 0.6 is 11.3 Å². The number of Topliss-reactive ketones (excluding diaryl/α,β-unsaturated/α-hetero) is 1. The molecule has 0 saturated carbocycles. The molecule has 1 aromatic carbocycles. The number of esters is 1. The minimum absolute atomic E-state index is 0.0952. The number of thiophene rings is 1. The number of nitriles is 1. The van der Waals surface area contributed by atoms with Crippen LogP contribution in [0.3, 0.4) is 0 Å². The van der Waals surface area contributed by atoms with E-state index in [1.807, 2.05) is 0 Å². The molecule has 122 valence electrons. The first kappa shape index (κ1) is 17.4. The summed E-state index contributed by atoms with van der Waals surface area (Å²) in [6.07, 6.45) is 0. The normalized spacial score (nSPS) is 11.2. The van der Waals surface area contributed by atoms with Gasteiger partial charge in [-0.15, -0.1) is 11.3 Å². The van der Waals surface area contributed by atoms with Crippen LogP contribution in [0.4, 0.5) is 5.69 Å².